The molecule has 0 aromatic heterocycles. The third-order valence-corrected chi connectivity index (χ3v) is 3.86. The molecule has 1 saturated carbocycles. The van der Waals surface area contributed by atoms with Gasteiger partial charge in [0.05, 0.1) is 7.11 Å². The van der Waals surface area contributed by atoms with Crippen molar-refractivity contribution in [3.63, 3.8) is 0 Å². The van der Waals surface area contributed by atoms with Crippen molar-refractivity contribution in [1.82, 2.24) is 0 Å². The van der Waals surface area contributed by atoms with Crippen LogP contribution in [0.1, 0.15) is 42.7 Å². The van der Waals surface area contributed by atoms with Crippen LogP contribution in [0.2, 0.25) is 0 Å². The van der Waals surface area contributed by atoms with Gasteiger partial charge >= 0.3 is 5.97 Å². The number of nitrogens with two attached hydrogens (primary N) is 1. The fourth-order valence-corrected chi connectivity index (χ4v) is 2.81. The zero-order valence-corrected chi connectivity index (χ0v) is 11.3. The summed E-state index contributed by atoms with van der Waals surface area (Å²) in [6, 6.07) is 5.06. The van der Waals surface area contributed by atoms with Crippen LogP contribution in [0.5, 0.6) is 5.75 Å². The van der Waals surface area contributed by atoms with Gasteiger partial charge in [-0.1, -0.05) is 25.0 Å². The van der Waals surface area contributed by atoms with Crippen LogP contribution in [0, 0.1) is 0 Å². The van der Waals surface area contributed by atoms with Crippen LogP contribution in [0.3, 0.4) is 0 Å². The lowest BCUT2D eigenvalue weighted by atomic mass is 9.93. The molecule has 0 aliphatic heterocycles. The van der Waals surface area contributed by atoms with Crippen LogP contribution in [0.15, 0.2) is 18.2 Å². The number of hydrogen-bond donors (Lipinski definition) is 2. The first-order valence-electron chi connectivity index (χ1n) is 6.77. The first-order valence-corrected chi connectivity index (χ1v) is 6.77. The van der Waals surface area contributed by atoms with Gasteiger partial charge in [-0.05, 0) is 42.4 Å². The first-order chi connectivity index (χ1) is 9.11. The second-order valence-corrected chi connectivity index (χ2v) is 5.21. The molecule has 0 spiro atoms. The van der Waals surface area contributed by atoms with Gasteiger partial charge in [-0.15, -0.1) is 0 Å². The Morgan fingerprint density at radius 1 is 1.47 bits per heavy atom. The van der Waals surface area contributed by atoms with Gasteiger partial charge < -0.3 is 15.6 Å². The molecule has 1 aliphatic carbocycles. The molecule has 4 nitrogen and oxygen atoms in total. The first kappa shape index (κ1) is 13.9. The summed E-state index contributed by atoms with van der Waals surface area (Å²) < 4.78 is 5.42. The van der Waals surface area contributed by atoms with Crippen molar-refractivity contribution in [3.8, 4) is 5.75 Å². The summed E-state index contributed by atoms with van der Waals surface area (Å²) in [5.74, 6) is 0.480. The van der Waals surface area contributed by atoms with Gasteiger partial charge in [-0.3, -0.25) is 4.79 Å². The van der Waals surface area contributed by atoms with Crippen molar-refractivity contribution < 1.29 is 14.6 Å². The second kappa shape index (κ2) is 6.06. The molecular weight excluding hydrogens is 242 g/mol. The molecule has 104 valence electrons. The Hall–Kier alpha value is -1.55. The van der Waals surface area contributed by atoms with Crippen LogP contribution < -0.4 is 10.5 Å². The van der Waals surface area contributed by atoms with Crippen molar-refractivity contribution in [3.05, 3.63) is 29.3 Å². The molecule has 1 fully saturated rings. The Morgan fingerprint density at radius 2 is 2.16 bits per heavy atom. The summed E-state index contributed by atoms with van der Waals surface area (Å²) in [7, 11) is 1.68. The van der Waals surface area contributed by atoms with Gasteiger partial charge in [0.1, 0.15) is 11.8 Å². The summed E-state index contributed by atoms with van der Waals surface area (Å²) in [5, 5.41) is 8.88. The highest BCUT2D eigenvalue weighted by Crippen LogP contribution is 2.39. The van der Waals surface area contributed by atoms with Gasteiger partial charge in [-0.2, -0.15) is 0 Å². The maximum absolute atomic E-state index is 10.8. The highest BCUT2D eigenvalue weighted by molar-refractivity contribution is 5.73. The van der Waals surface area contributed by atoms with Gasteiger partial charge in [0.15, 0.2) is 0 Å². The van der Waals surface area contributed by atoms with Crippen LogP contribution in [-0.2, 0) is 11.2 Å². The second-order valence-electron chi connectivity index (χ2n) is 5.21. The Balaban J connectivity index is 2.22. The molecule has 4 heteroatoms. The van der Waals surface area contributed by atoms with E-state index in [4.69, 9.17) is 15.6 Å². The topological polar surface area (TPSA) is 72.5 Å². The predicted molar refractivity (Wildman–Crippen MR) is 73.5 cm³/mol. The third-order valence-electron chi connectivity index (χ3n) is 3.86. The van der Waals surface area contributed by atoms with Gasteiger partial charge in [0, 0.05) is 0 Å². The average molecular weight is 263 g/mol. The number of carboxylic acid groups (broad SMARTS) is 1. The molecule has 2 rings (SSSR count). The number of carboxylic acids is 1. The van der Waals surface area contributed by atoms with E-state index in [1.807, 2.05) is 12.1 Å². The van der Waals surface area contributed by atoms with Crippen molar-refractivity contribution in [2.24, 2.45) is 5.73 Å². The van der Waals surface area contributed by atoms with E-state index in [-0.39, 0.29) is 0 Å². The number of aliphatic carboxylic acids is 1. The molecule has 0 amide bonds. The highest BCUT2D eigenvalue weighted by Gasteiger charge is 2.21. The van der Waals surface area contributed by atoms with E-state index in [9.17, 15) is 4.79 Å². The molecule has 3 N–H and O–H groups in total. The number of benzene rings is 1. The van der Waals surface area contributed by atoms with Crippen LogP contribution in [-0.4, -0.2) is 24.2 Å². The minimum atomic E-state index is -0.960. The molecule has 0 bridgehead atoms. The number of methoxy groups -OCH3 is 1. The molecular formula is C15H21NO3. The zero-order chi connectivity index (χ0) is 13.8. The van der Waals surface area contributed by atoms with E-state index in [2.05, 4.69) is 6.07 Å². The zero-order valence-electron chi connectivity index (χ0n) is 11.3. The molecule has 0 radical (unpaired) electrons. The van der Waals surface area contributed by atoms with Crippen LogP contribution >= 0.6 is 0 Å². The lowest BCUT2D eigenvalue weighted by Crippen LogP contribution is -2.32. The largest absolute Gasteiger partial charge is 0.496 e. The number of carbonyl (C=O) groups is 1. The average Bonchev–Trinajstić information content (AvgIpc) is 2.92. The molecule has 1 unspecified atom stereocenters. The summed E-state index contributed by atoms with van der Waals surface area (Å²) in [6.07, 6.45) is 5.24. The summed E-state index contributed by atoms with van der Waals surface area (Å²) in [5.41, 5.74) is 7.77. The lowest BCUT2D eigenvalue weighted by Gasteiger charge is -2.16. The van der Waals surface area contributed by atoms with Crippen LogP contribution in [0.4, 0.5) is 0 Å². The van der Waals surface area contributed by atoms with E-state index in [1.54, 1.807) is 7.11 Å². The molecule has 0 heterocycles. The van der Waals surface area contributed by atoms with E-state index in [0.717, 1.165) is 11.3 Å². The number of hydrogen-bond acceptors (Lipinski definition) is 3. The Kier molecular flexibility index (Phi) is 4.43. The Morgan fingerprint density at radius 3 is 2.74 bits per heavy atom. The molecule has 1 aromatic carbocycles. The Labute approximate surface area is 113 Å². The SMILES string of the molecule is COc1ccc(CC(N)C(=O)O)cc1C1CCCC1. The van der Waals surface area contributed by atoms with E-state index < -0.39 is 12.0 Å². The molecule has 1 atom stereocenters. The fourth-order valence-electron chi connectivity index (χ4n) is 2.81. The Bertz CT molecular complexity index is 453. The standard InChI is InChI=1S/C15H21NO3/c1-19-14-7-6-10(9-13(16)15(17)18)8-12(14)11-4-2-3-5-11/h6-8,11,13H,2-5,9,16H2,1H3,(H,17,18). The summed E-state index contributed by atoms with van der Waals surface area (Å²) in [6.45, 7) is 0. The van der Waals surface area contributed by atoms with Gasteiger partial charge in [0.2, 0.25) is 0 Å². The fraction of sp³-hybridized carbons (Fsp3) is 0.533. The third kappa shape index (κ3) is 3.26. The molecule has 19 heavy (non-hydrogen) atoms. The normalized spacial score (nSPS) is 17.4. The van der Waals surface area contributed by atoms with E-state index in [1.165, 1.54) is 31.2 Å². The maximum atomic E-state index is 10.8. The minimum Gasteiger partial charge on any atom is -0.496 e. The monoisotopic (exact) mass is 263 g/mol. The quantitative estimate of drug-likeness (QED) is 0.855. The highest BCUT2D eigenvalue weighted by atomic mass is 16.5. The summed E-state index contributed by atoms with van der Waals surface area (Å²) in [4.78, 5) is 10.8. The van der Waals surface area contributed by atoms with Crippen molar-refractivity contribution in [2.45, 2.75) is 44.1 Å². The van der Waals surface area contributed by atoms with Crippen LogP contribution in [0.25, 0.3) is 0 Å². The van der Waals surface area contributed by atoms with E-state index >= 15 is 0 Å². The van der Waals surface area contributed by atoms with Crippen molar-refractivity contribution in [1.29, 1.82) is 0 Å². The molecule has 1 aromatic rings. The lowest BCUT2D eigenvalue weighted by molar-refractivity contribution is -0.138. The van der Waals surface area contributed by atoms with E-state index in [0.29, 0.717) is 12.3 Å². The predicted octanol–water partition coefficient (Wildman–Crippen LogP) is 2.31. The molecule has 0 saturated heterocycles. The van der Waals surface area contributed by atoms with Crippen molar-refractivity contribution in [2.75, 3.05) is 7.11 Å². The minimum absolute atomic E-state index is 0.360. The van der Waals surface area contributed by atoms with Crippen molar-refractivity contribution >= 4 is 5.97 Å². The van der Waals surface area contributed by atoms with Gasteiger partial charge in [-0.25, -0.2) is 0 Å². The number of ether oxygens (including phenoxy) is 1. The van der Waals surface area contributed by atoms with Gasteiger partial charge in [0.25, 0.3) is 0 Å². The molecule has 1 aliphatic rings. The summed E-state index contributed by atoms with van der Waals surface area (Å²) >= 11 is 0. The number of rotatable bonds is 5. The smallest absolute Gasteiger partial charge is 0.320 e. The maximum Gasteiger partial charge on any atom is 0.320 e.